The summed E-state index contributed by atoms with van der Waals surface area (Å²) >= 11 is 0. The van der Waals surface area contributed by atoms with Gasteiger partial charge in [0.1, 0.15) is 5.56 Å². The normalized spacial score (nSPS) is 12.4. The smallest absolute Gasteiger partial charge is 0.303 e. The number of hydrogen-bond donors (Lipinski definition) is 2. The zero-order chi connectivity index (χ0) is 16.4. The first-order valence-corrected chi connectivity index (χ1v) is 7.16. The van der Waals surface area contributed by atoms with Gasteiger partial charge in [0.15, 0.2) is 5.65 Å². The molecule has 0 radical (unpaired) electrons. The highest BCUT2D eigenvalue weighted by atomic mass is 16.4. The van der Waals surface area contributed by atoms with Crippen LogP contribution in [0.1, 0.15) is 47.2 Å². The van der Waals surface area contributed by atoms with Crippen molar-refractivity contribution in [3.05, 3.63) is 28.7 Å². The number of carbonyl (C=O) groups excluding carboxylic acids is 1. The van der Waals surface area contributed by atoms with E-state index in [1.54, 1.807) is 18.4 Å². The van der Waals surface area contributed by atoms with Crippen molar-refractivity contribution in [3.8, 4) is 0 Å². The standard InChI is InChI=1S/C15H20N4O3/c1-8(5-6-12(20)21)17-15(22)13-11(4)18-19-10(3)7-9(2)16-14(13)19/h7-8H,5-6H2,1-4H3,(H,17,22)(H,20,21). The van der Waals surface area contributed by atoms with E-state index in [4.69, 9.17) is 5.11 Å². The third-order valence-corrected chi connectivity index (χ3v) is 3.47. The van der Waals surface area contributed by atoms with Gasteiger partial charge in [-0.15, -0.1) is 0 Å². The average Bonchev–Trinajstić information content (AvgIpc) is 2.73. The van der Waals surface area contributed by atoms with Crippen LogP contribution >= 0.6 is 0 Å². The fourth-order valence-corrected chi connectivity index (χ4v) is 2.40. The van der Waals surface area contributed by atoms with E-state index >= 15 is 0 Å². The summed E-state index contributed by atoms with van der Waals surface area (Å²) in [5.41, 5.74) is 3.29. The topological polar surface area (TPSA) is 96.6 Å². The Morgan fingerprint density at radius 3 is 2.68 bits per heavy atom. The highest BCUT2D eigenvalue weighted by molar-refractivity contribution is 6.01. The summed E-state index contributed by atoms with van der Waals surface area (Å²) < 4.78 is 1.65. The predicted octanol–water partition coefficient (Wildman–Crippen LogP) is 1.64. The van der Waals surface area contributed by atoms with E-state index in [1.807, 2.05) is 19.9 Å². The Morgan fingerprint density at radius 2 is 2.05 bits per heavy atom. The highest BCUT2D eigenvalue weighted by Gasteiger charge is 2.21. The molecule has 0 aliphatic carbocycles. The predicted molar refractivity (Wildman–Crippen MR) is 81.0 cm³/mol. The van der Waals surface area contributed by atoms with Gasteiger partial charge < -0.3 is 10.4 Å². The molecule has 0 aliphatic rings. The first-order valence-electron chi connectivity index (χ1n) is 7.16. The summed E-state index contributed by atoms with van der Waals surface area (Å²) in [6.45, 7) is 7.32. The van der Waals surface area contributed by atoms with E-state index in [9.17, 15) is 9.59 Å². The van der Waals surface area contributed by atoms with Gasteiger partial charge in [0.2, 0.25) is 0 Å². The zero-order valence-corrected chi connectivity index (χ0v) is 13.2. The van der Waals surface area contributed by atoms with Crippen molar-refractivity contribution in [2.45, 2.75) is 46.6 Å². The molecule has 1 atom stereocenters. The summed E-state index contributed by atoms with van der Waals surface area (Å²) in [6.07, 6.45) is 0.399. The highest BCUT2D eigenvalue weighted by Crippen LogP contribution is 2.16. The van der Waals surface area contributed by atoms with E-state index in [-0.39, 0.29) is 18.4 Å². The van der Waals surface area contributed by atoms with Gasteiger partial charge in [-0.1, -0.05) is 0 Å². The molecule has 7 nitrogen and oxygen atoms in total. The number of amides is 1. The first kappa shape index (κ1) is 15.9. The van der Waals surface area contributed by atoms with Gasteiger partial charge in [0, 0.05) is 23.9 Å². The Bertz CT molecular complexity index is 736. The lowest BCUT2D eigenvalue weighted by Crippen LogP contribution is -2.33. The van der Waals surface area contributed by atoms with E-state index in [0.29, 0.717) is 23.3 Å². The summed E-state index contributed by atoms with van der Waals surface area (Å²) in [6, 6.07) is 1.67. The lowest BCUT2D eigenvalue weighted by atomic mass is 10.1. The van der Waals surface area contributed by atoms with Crippen LogP contribution < -0.4 is 5.32 Å². The van der Waals surface area contributed by atoms with Crippen molar-refractivity contribution in [2.75, 3.05) is 0 Å². The number of hydrogen-bond acceptors (Lipinski definition) is 4. The number of rotatable bonds is 5. The molecule has 0 saturated carbocycles. The van der Waals surface area contributed by atoms with Crippen molar-refractivity contribution in [2.24, 2.45) is 0 Å². The molecule has 0 saturated heterocycles. The van der Waals surface area contributed by atoms with Crippen LogP contribution in [0, 0.1) is 20.8 Å². The number of aliphatic carboxylic acids is 1. The Hall–Kier alpha value is -2.44. The number of carboxylic acids is 1. The number of nitrogens with one attached hydrogen (secondary N) is 1. The van der Waals surface area contributed by atoms with E-state index in [2.05, 4.69) is 15.4 Å². The lowest BCUT2D eigenvalue weighted by Gasteiger charge is -2.12. The van der Waals surface area contributed by atoms with Crippen LogP contribution in [-0.4, -0.2) is 37.6 Å². The van der Waals surface area contributed by atoms with Crippen molar-refractivity contribution in [1.82, 2.24) is 19.9 Å². The molecule has 1 amide bonds. The number of nitrogens with zero attached hydrogens (tertiary/aromatic N) is 3. The summed E-state index contributed by atoms with van der Waals surface area (Å²) in [4.78, 5) is 27.5. The molecule has 0 aromatic carbocycles. The van der Waals surface area contributed by atoms with Crippen LogP contribution in [0.15, 0.2) is 6.07 Å². The largest absolute Gasteiger partial charge is 0.481 e. The van der Waals surface area contributed by atoms with E-state index in [1.165, 1.54) is 0 Å². The van der Waals surface area contributed by atoms with Crippen LogP contribution in [0.3, 0.4) is 0 Å². The third-order valence-electron chi connectivity index (χ3n) is 3.47. The second kappa shape index (κ2) is 6.13. The molecule has 0 aliphatic heterocycles. The molecule has 0 spiro atoms. The minimum absolute atomic E-state index is 0.0195. The third kappa shape index (κ3) is 3.24. The van der Waals surface area contributed by atoms with Crippen LogP contribution in [0.4, 0.5) is 0 Å². The number of fused-ring (bicyclic) bond motifs is 1. The lowest BCUT2D eigenvalue weighted by molar-refractivity contribution is -0.137. The van der Waals surface area contributed by atoms with Crippen molar-refractivity contribution >= 4 is 17.5 Å². The Morgan fingerprint density at radius 1 is 1.36 bits per heavy atom. The van der Waals surface area contributed by atoms with Gasteiger partial charge in [-0.25, -0.2) is 9.50 Å². The Labute approximate surface area is 128 Å². The average molecular weight is 304 g/mol. The van der Waals surface area contributed by atoms with Crippen molar-refractivity contribution in [3.63, 3.8) is 0 Å². The monoisotopic (exact) mass is 304 g/mol. The zero-order valence-electron chi connectivity index (χ0n) is 13.2. The molecule has 2 N–H and O–H groups in total. The van der Waals surface area contributed by atoms with E-state index < -0.39 is 5.97 Å². The minimum Gasteiger partial charge on any atom is -0.481 e. The Balaban J connectivity index is 2.28. The fourth-order valence-electron chi connectivity index (χ4n) is 2.40. The molecule has 22 heavy (non-hydrogen) atoms. The molecule has 2 aromatic heterocycles. The summed E-state index contributed by atoms with van der Waals surface area (Å²) in [7, 11) is 0. The molecular formula is C15H20N4O3. The van der Waals surface area contributed by atoms with Gasteiger partial charge >= 0.3 is 5.97 Å². The second-order valence-corrected chi connectivity index (χ2v) is 5.54. The number of carbonyl (C=O) groups is 2. The van der Waals surface area contributed by atoms with Crippen LogP contribution in [0.5, 0.6) is 0 Å². The van der Waals surface area contributed by atoms with Gasteiger partial charge in [-0.2, -0.15) is 5.10 Å². The van der Waals surface area contributed by atoms with E-state index in [0.717, 1.165) is 11.4 Å². The first-order chi connectivity index (χ1) is 10.3. The SMILES string of the molecule is Cc1cc(C)n2nc(C)c(C(=O)NC(C)CCC(=O)O)c2n1. The van der Waals surface area contributed by atoms with Crippen LogP contribution in [0.25, 0.3) is 5.65 Å². The summed E-state index contributed by atoms with van der Waals surface area (Å²) in [5.74, 6) is -1.15. The molecule has 0 fully saturated rings. The van der Waals surface area contributed by atoms with Gasteiger partial charge in [-0.05, 0) is 40.2 Å². The maximum atomic E-state index is 12.5. The molecule has 2 rings (SSSR count). The molecular weight excluding hydrogens is 284 g/mol. The number of carboxylic acid groups (broad SMARTS) is 1. The quantitative estimate of drug-likeness (QED) is 0.875. The maximum Gasteiger partial charge on any atom is 0.303 e. The van der Waals surface area contributed by atoms with Gasteiger partial charge in [-0.3, -0.25) is 9.59 Å². The molecule has 2 heterocycles. The van der Waals surface area contributed by atoms with Crippen LogP contribution in [-0.2, 0) is 4.79 Å². The fraction of sp³-hybridized carbons (Fsp3) is 0.467. The summed E-state index contributed by atoms with van der Waals surface area (Å²) in [5, 5.41) is 15.9. The molecule has 118 valence electrons. The van der Waals surface area contributed by atoms with Crippen molar-refractivity contribution in [1.29, 1.82) is 0 Å². The van der Waals surface area contributed by atoms with Crippen LogP contribution in [0.2, 0.25) is 0 Å². The van der Waals surface area contributed by atoms with Crippen molar-refractivity contribution < 1.29 is 14.7 Å². The van der Waals surface area contributed by atoms with Gasteiger partial charge in [0.25, 0.3) is 5.91 Å². The van der Waals surface area contributed by atoms with Gasteiger partial charge in [0.05, 0.1) is 5.69 Å². The minimum atomic E-state index is -0.874. The molecule has 7 heteroatoms. The molecule has 0 bridgehead atoms. The Kier molecular flexibility index (Phi) is 4.44. The molecule has 1 unspecified atom stereocenters. The number of aromatic nitrogens is 3. The second-order valence-electron chi connectivity index (χ2n) is 5.54. The maximum absolute atomic E-state index is 12.5. The molecule has 2 aromatic rings. The number of aryl methyl sites for hydroxylation is 3.